The molecule has 0 atom stereocenters. The summed E-state index contributed by atoms with van der Waals surface area (Å²) >= 11 is 0. The molecule has 0 bridgehead atoms. The van der Waals surface area contributed by atoms with E-state index in [1.165, 1.54) is 0 Å². The van der Waals surface area contributed by atoms with E-state index in [1.807, 2.05) is 18.4 Å². The number of nitrogens with zero attached hydrogens (tertiary/aromatic N) is 1. The number of rotatable bonds is 8. The summed E-state index contributed by atoms with van der Waals surface area (Å²) in [4.78, 5) is 0.372. The molecule has 1 aromatic rings. The lowest BCUT2D eigenvalue weighted by Gasteiger charge is -2.09. The van der Waals surface area contributed by atoms with E-state index in [1.54, 1.807) is 12.3 Å². The molecule has 0 spiro atoms. The van der Waals surface area contributed by atoms with Gasteiger partial charge in [0.25, 0.3) is 0 Å². The number of sulfonamides is 1. The quantitative estimate of drug-likeness (QED) is 0.768. The van der Waals surface area contributed by atoms with Crippen LogP contribution in [0.25, 0.3) is 0 Å². The van der Waals surface area contributed by atoms with E-state index in [9.17, 15) is 8.42 Å². The summed E-state index contributed by atoms with van der Waals surface area (Å²) in [5.74, 6) is 0. The van der Waals surface area contributed by atoms with Crippen LogP contribution in [-0.4, -0.2) is 26.1 Å². The summed E-state index contributed by atoms with van der Waals surface area (Å²) in [6, 6.07) is 1.77. The Morgan fingerprint density at radius 3 is 2.60 bits per heavy atom. The topological polar surface area (TPSA) is 63.1 Å². The van der Waals surface area contributed by atoms with Crippen molar-refractivity contribution in [1.29, 1.82) is 0 Å². The highest BCUT2D eigenvalue weighted by molar-refractivity contribution is 7.89. The number of hydrogen-bond acceptors (Lipinski definition) is 3. The molecule has 1 aromatic heterocycles. The summed E-state index contributed by atoms with van der Waals surface area (Å²) in [6.45, 7) is 9.04. The van der Waals surface area contributed by atoms with Crippen LogP contribution in [0.5, 0.6) is 0 Å². The van der Waals surface area contributed by atoms with Gasteiger partial charge in [0.05, 0.1) is 4.90 Å². The number of aromatic nitrogens is 1. The van der Waals surface area contributed by atoms with E-state index >= 15 is 0 Å². The molecule has 114 valence electrons. The highest BCUT2D eigenvalue weighted by Crippen LogP contribution is 2.44. The second-order valence-corrected chi connectivity index (χ2v) is 7.64. The van der Waals surface area contributed by atoms with Crippen molar-refractivity contribution in [2.24, 2.45) is 5.41 Å². The first-order chi connectivity index (χ1) is 9.40. The van der Waals surface area contributed by atoms with Crippen molar-refractivity contribution in [2.75, 3.05) is 13.1 Å². The Hall–Kier alpha value is -0.850. The predicted octanol–water partition coefficient (Wildman–Crippen LogP) is 1.70. The zero-order valence-corrected chi connectivity index (χ0v) is 13.4. The van der Waals surface area contributed by atoms with E-state index in [4.69, 9.17) is 0 Å². The molecule has 6 heteroatoms. The van der Waals surface area contributed by atoms with Crippen LogP contribution >= 0.6 is 0 Å². The average molecular weight is 299 g/mol. The number of aryl methyl sites for hydroxylation is 1. The first-order valence-corrected chi connectivity index (χ1v) is 8.78. The summed E-state index contributed by atoms with van der Waals surface area (Å²) in [6.07, 6.45) is 3.94. The highest BCUT2D eigenvalue weighted by atomic mass is 32.2. The molecule has 0 saturated heterocycles. The van der Waals surface area contributed by atoms with Crippen molar-refractivity contribution < 1.29 is 8.42 Å². The Kier molecular flexibility index (Phi) is 4.56. The molecule has 0 unspecified atom stereocenters. The van der Waals surface area contributed by atoms with Gasteiger partial charge in [0.15, 0.2) is 0 Å². The minimum atomic E-state index is -3.39. The van der Waals surface area contributed by atoms with Crippen LogP contribution in [0.15, 0.2) is 17.2 Å². The van der Waals surface area contributed by atoms with Crippen molar-refractivity contribution in [3.05, 3.63) is 18.0 Å². The second kappa shape index (κ2) is 5.87. The minimum Gasteiger partial charge on any atom is -0.349 e. The van der Waals surface area contributed by atoms with Crippen molar-refractivity contribution >= 4 is 10.0 Å². The standard InChI is InChI=1S/C14H25N3O2S/c1-4-15-9-12-8-13(10-17(12)5-2)20(18,19)16-11-14(3)6-7-14/h8,10,15-16H,4-7,9,11H2,1-3H3. The van der Waals surface area contributed by atoms with Crippen LogP contribution in [0.2, 0.25) is 0 Å². The molecule has 20 heavy (non-hydrogen) atoms. The van der Waals surface area contributed by atoms with Crippen molar-refractivity contribution in [2.45, 2.75) is 51.6 Å². The molecule has 0 radical (unpaired) electrons. The maximum absolute atomic E-state index is 12.3. The normalized spacial score (nSPS) is 17.4. The average Bonchev–Trinajstić information content (AvgIpc) is 3.01. The smallest absolute Gasteiger partial charge is 0.242 e. The summed E-state index contributed by atoms with van der Waals surface area (Å²) < 4.78 is 29.4. The molecule has 2 rings (SSSR count). The monoisotopic (exact) mass is 299 g/mol. The fourth-order valence-electron chi connectivity index (χ4n) is 2.11. The van der Waals surface area contributed by atoms with Gasteiger partial charge in [-0.1, -0.05) is 13.8 Å². The predicted molar refractivity (Wildman–Crippen MR) is 80.0 cm³/mol. The van der Waals surface area contributed by atoms with Gasteiger partial charge < -0.3 is 9.88 Å². The molecule has 5 nitrogen and oxygen atoms in total. The zero-order chi connectivity index (χ0) is 14.8. The van der Waals surface area contributed by atoms with Gasteiger partial charge in [-0.3, -0.25) is 0 Å². The maximum Gasteiger partial charge on any atom is 0.242 e. The third kappa shape index (κ3) is 3.62. The van der Waals surface area contributed by atoms with Crippen molar-refractivity contribution in [1.82, 2.24) is 14.6 Å². The summed E-state index contributed by atoms with van der Waals surface area (Å²) in [7, 11) is -3.39. The van der Waals surface area contributed by atoms with Gasteiger partial charge >= 0.3 is 0 Å². The fourth-order valence-corrected chi connectivity index (χ4v) is 3.37. The molecule has 1 heterocycles. The van der Waals surface area contributed by atoms with Crippen LogP contribution in [0.1, 0.15) is 39.3 Å². The van der Waals surface area contributed by atoms with E-state index < -0.39 is 10.0 Å². The molecule has 1 aliphatic carbocycles. The molecule has 0 aliphatic heterocycles. The molecular weight excluding hydrogens is 274 g/mol. The van der Waals surface area contributed by atoms with E-state index in [2.05, 4.69) is 17.0 Å². The van der Waals surface area contributed by atoms with Crippen LogP contribution in [0.4, 0.5) is 0 Å². The van der Waals surface area contributed by atoms with Crippen LogP contribution in [0, 0.1) is 5.41 Å². The third-order valence-corrected chi connectivity index (χ3v) is 5.33. The SMILES string of the molecule is CCNCc1cc(S(=O)(=O)NCC2(C)CC2)cn1CC. The first kappa shape index (κ1) is 15.5. The minimum absolute atomic E-state index is 0.174. The molecule has 1 aliphatic rings. The van der Waals surface area contributed by atoms with Gasteiger partial charge in [0.2, 0.25) is 10.0 Å². The van der Waals surface area contributed by atoms with Gasteiger partial charge in [0, 0.05) is 31.5 Å². The van der Waals surface area contributed by atoms with Gasteiger partial charge in [-0.25, -0.2) is 13.1 Å². The zero-order valence-electron chi connectivity index (χ0n) is 12.6. The lowest BCUT2D eigenvalue weighted by atomic mass is 10.2. The van der Waals surface area contributed by atoms with Gasteiger partial charge in [0.1, 0.15) is 0 Å². The molecule has 1 saturated carbocycles. The maximum atomic E-state index is 12.3. The van der Waals surface area contributed by atoms with Crippen LogP contribution in [0.3, 0.4) is 0 Å². The molecule has 0 amide bonds. The second-order valence-electron chi connectivity index (χ2n) is 5.87. The first-order valence-electron chi connectivity index (χ1n) is 7.29. The van der Waals surface area contributed by atoms with Crippen LogP contribution in [-0.2, 0) is 23.1 Å². The lowest BCUT2D eigenvalue weighted by molar-refractivity contribution is 0.530. The molecular formula is C14H25N3O2S. The fraction of sp³-hybridized carbons (Fsp3) is 0.714. The molecule has 2 N–H and O–H groups in total. The van der Waals surface area contributed by atoms with Gasteiger partial charge in [-0.2, -0.15) is 0 Å². The Morgan fingerprint density at radius 1 is 1.35 bits per heavy atom. The van der Waals surface area contributed by atoms with Crippen molar-refractivity contribution in [3.8, 4) is 0 Å². The Morgan fingerprint density at radius 2 is 2.05 bits per heavy atom. The van der Waals surface area contributed by atoms with E-state index in [-0.39, 0.29) is 5.41 Å². The Labute approximate surface area is 121 Å². The highest BCUT2D eigenvalue weighted by Gasteiger charge is 2.38. The Balaban J connectivity index is 2.11. The summed E-state index contributed by atoms with van der Waals surface area (Å²) in [5, 5.41) is 3.23. The lowest BCUT2D eigenvalue weighted by Crippen LogP contribution is -2.28. The van der Waals surface area contributed by atoms with Gasteiger partial charge in [-0.15, -0.1) is 0 Å². The largest absolute Gasteiger partial charge is 0.349 e. The molecule has 1 fully saturated rings. The Bertz CT molecular complexity index is 559. The number of nitrogens with one attached hydrogen (secondary N) is 2. The van der Waals surface area contributed by atoms with E-state index in [0.29, 0.717) is 18.0 Å². The molecule has 0 aromatic carbocycles. The van der Waals surface area contributed by atoms with Crippen LogP contribution < -0.4 is 10.0 Å². The van der Waals surface area contributed by atoms with E-state index in [0.717, 1.165) is 31.6 Å². The summed E-state index contributed by atoms with van der Waals surface area (Å²) in [5.41, 5.74) is 1.18. The van der Waals surface area contributed by atoms with Gasteiger partial charge in [-0.05, 0) is 37.8 Å². The number of hydrogen-bond donors (Lipinski definition) is 2. The third-order valence-electron chi connectivity index (χ3n) is 3.96. The van der Waals surface area contributed by atoms with Crippen molar-refractivity contribution in [3.63, 3.8) is 0 Å².